The number of aromatic nitrogens is 1. The molecule has 1 aromatic heterocycles. The van der Waals surface area contributed by atoms with Crippen molar-refractivity contribution in [2.75, 3.05) is 6.54 Å². The van der Waals surface area contributed by atoms with Crippen LogP contribution in [0.4, 0.5) is 0 Å². The fraction of sp³-hybridized carbons (Fsp3) is 0.400. The summed E-state index contributed by atoms with van der Waals surface area (Å²) in [6, 6.07) is 9.28. The van der Waals surface area contributed by atoms with E-state index >= 15 is 0 Å². The molecule has 0 amide bonds. The van der Waals surface area contributed by atoms with Crippen molar-refractivity contribution in [3.05, 3.63) is 52.0 Å². The van der Waals surface area contributed by atoms with Gasteiger partial charge in [0.1, 0.15) is 0 Å². The van der Waals surface area contributed by atoms with Crippen molar-refractivity contribution in [2.24, 2.45) is 0 Å². The summed E-state index contributed by atoms with van der Waals surface area (Å²) in [5.74, 6) is 0.715. The van der Waals surface area contributed by atoms with Gasteiger partial charge in [0.05, 0.1) is 5.51 Å². The number of thiazole rings is 1. The summed E-state index contributed by atoms with van der Waals surface area (Å²) in [5, 5.41) is 3.59. The van der Waals surface area contributed by atoms with Gasteiger partial charge in [-0.1, -0.05) is 31.2 Å². The fourth-order valence-corrected chi connectivity index (χ4v) is 3.51. The van der Waals surface area contributed by atoms with Crippen LogP contribution in [0.1, 0.15) is 41.3 Å². The topological polar surface area (TPSA) is 24.9 Å². The highest BCUT2D eigenvalue weighted by atomic mass is 32.1. The van der Waals surface area contributed by atoms with Crippen molar-refractivity contribution >= 4 is 11.3 Å². The smallest absolute Gasteiger partial charge is 0.0794 e. The van der Waals surface area contributed by atoms with Crippen molar-refractivity contribution in [2.45, 2.75) is 31.7 Å². The first-order valence-electron chi connectivity index (χ1n) is 6.58. The van der Waals surface area contributed by atoms with Gasteiger partial charge in [-0.05, 0) is 36.4 Å². The maximum atomic E-state index is 4.20. The zero-order chi connectivity index (χ0) is 12.4. The Morgan fingerprint density at radius 1 is 1.44 bits per heavy atom. The Morgan fingerprint density at radius 3 is 3.06 bits per heavy atom. The molecular formula is C15H18N2S. The van der Waals surface area contributed by atoms with Crippen LogP contribution in [0.25, 0.3) is 0 Å². The number of nitrogens with zero attached hydrogens (tertiary/aromatic N) is 1. The lowest BCUT2D eigenvalue weighted by atomic mass is 9.74. The molecule has 0 saturated carbocycles. The predicted octanol–water partition coefficient (Wildman–Crippen LogP) is 3.52. The number of fused-ring (bicyclic) bond motifs is 1. The molecule has 1 aliphatic carbocycles. The van der Waals surface area contributed by atoms with Crippen LogP contribution < -0.4 is 5.32 Å². The Hall–Kier alpha value is -1.19. The van der Waals surface area contributed by atoms with Gasteiger partial charge in [0.25, 0.3) is 0 Å². The van der Waals surface area contributed by atoms with E-state index < -0.39 is 0 Å². The molecule has 1 aromatic carbocycles. The summed E-state index contributed by atoms with van der Waals surface area (Å²) >= 11 is 1.76. The fourth-order valence-electron chi connectivity index (χ4n) is 2.80. The van der Waals surface area contributed by atoms with Crippen molar-refractivity contribution in [3.8, 4) is 0 Å². The minimum Gasteiger partial charge on any atom is -0.309 e. The van der Waals surface area contributed by atoms with E-state index in [1.165, 1.54) is 23.3 Å². The van der Waals surface area contributed by atoms with E-state index in [-0.39, 0.29) is 0 Å². The molecule has 0 spiro atoms. The van der Waals surface area contributed by atoms with Gasteiger partial charge in [-0.15, -0.1) is 11.3 Å². The lowest BCUT2D eigenvalue weighted by Crippen LogP contribution is -2.26. The average Bonchev–Trinajstić information content (AvgIpc) is 2.88. The molecule has 0 fully saturated rings. The van der Waals surface area contributed by atoms with E-state index in [0.29, 0.717) is 12.0 Å². The largest absolute Gasteiger partial charge is 0.309 e. The van der Waals surface area contributed by atoms with Crippen LogP contribution in [0.15, 0.2) is 36.0 Å². The normalized spacial score (nSPS) is 19.1. The molecule has 1 aliphatic rings. The number of hydrogen-bond donors (Lipinski definition) is 1. The Labute approximate surface area is 112 Å². The molecule has 0 radical (unpaired) electrons. The molecule has 3 heteroatoms. The van der Waals surface area contributed by atoms with Crippen LogP contribution in [0.2, 0.25) is 0 Å². The van der Waals surface area contributed by atoms with Crippen molar-refractivity contribution < 1.29 is 0 Å². The molecule has 0 saturated heterocycles. The quantitative estimate of drug-likeness (QED) is 0.887. The predicted molar refractivity (Wildman–Crippen MR) is 76.0 cm³/mol. The maximum Gasteiger partial charge on any atom is 0.0794 e. The molecule has 94 valence electrons. The van der Waals surface area contributed by atoms with Crippen LogP contribution in [0.3, 0.4) is 0 Å². The summed E-state index contributed by atoms with van der Waals surface area (Å²) in [4.78, 5) is 5.56. The van der Waals surface area contributed by atoms with Gasteiger partial charge < -0.3 is 5.32 Å². The Morgan fingerprint density at radius 2 is 2.33 bits per heavy atom. The Kier molecular flexibility index (Phi) is 3.43. The van der Waals surface area contributed by atoms with E-state index in [2.05, 4.69) is 41.5 Å². The second kappa shape index (κ2) is 5.21. The first-order valence-corrected chi connectivity index (χ1v) is 7.46. The molecule has 1 heterocycles. The first kappa shape index (κ1) is 11.9. The summed E-state index contributed by atoms with van der Waals surface area (Å²) < 4.78 is 0. The third-order valence-electron chi connectivity index (χ3n) is 3.73. The van der Waals surface area contributed by atoms with E-state index in [1.54, 1.807) is 16.9 Å². The Bertz CT molecular complexity index is 507. The average molecular weight is 258 g/mol. The van der Waals surface area contributed by atoms with Crippen LogP contribution in [0, 0.1) is 0 Å². The molecule has 2 nitrogen and oxygen atoms in total. The van der Waals surface area contributed by atoms with E-state index in [0.717, 1.165) is 6.54 Å². The third-order valence-corrected chi connectivity index (χ3v) is 4.62. The molecule has 2 atom stereocenters. The molecule has 0 bridgehead atoms. The molecule has 2 unspecified atom stereocenters. The first-order chi connectivity index (χ1) is 8.88. The molecule has 3 rings (SSSR count). The van der Waals surface area contributed by atoms with Gasteiger partial charge in [0, 0.05) is 17.1 Å². The van der Waals surface area contributed by atoms with Gasteiger partial charge in [-0.2, -0.15) is 0 Å². The van der Waals surface area contributed by atoms with Crippen molar-refractivity contribution in [1.82, 2.24) is 10.3 Å². The summed E-state index contributed by atoms with van der Waals surface area (Å²) in [7, 11) is 0. The van der Waals surface area contributed by atoms with Gasteiger partial charge >= 0.3 is 0 Å². The standard InChI is InChI=1S/C15H18N2S/c1-2-17-14(15-9-16-10-18-15)8-12-7-11-5-3-4-6-13(11)12/h3-6,9-10,12,14,17H,2,7-8H2,1H3. The second-order valence-corrected chi connectivity index (χ2v) is 5.77. The zero-order valence-electron chi connectivity index (χ0n) is 10.6. The lowest BCUT2D eigenvalue weighted by Gasteiger charge is -2.33. The van der Waals surface area contributed by atoms with E-state index in [4.69, 9.17) is 0 Å². The number of hydrogen-bond acceptors (Lipinski definition) is 3. The van der Waals surface area contributed by atoms with Gasteiger partial charge in [-0.3, -0.25) is 4.98 Å². The molecule has 18 heavy (non-hydrogen) atoms. The summed E-state index contributed by atoms with van der Waals surface area (Å²) in [6.07, 6.45) is 4.42. The van der Waals surface area contributed by atoms with Crippen LogP contribution in [-0.4, -0.2) is 11.5 Å². The van der Waals surface area contributed by atoms with Crippen molar-refractivity contribution in [3.63, 3.8) is 0 Å². The lowest BCUT2D eigenvalue weighted by molar-refractivity contribution is 0.440. The highest BCUT2D eigenvalue weighted by Gasteiger charge is 2.28. The highest BCUT2D eigenvalue weighted by Crippen LogP contribution is 2.41. The molecule has 0 aliphatic heterocycles. The highest BCUT2D eigenvalue weighted by molar-refractivity contribution is 7.09. The van der Waals surface area contributed by atoms with Gasteiger partial charge in [0.15, 0.2) is 0 Å². The minimum absolute atomic E-state index is 0.459. The molecular weight excluding hydrogens is 240 g/mol. The van der Waals surface area contributed by atoms with Crippen LogP contribution >= 0.6 is 11.3 Å². The SMILES string of the molecule is CCNC(CC1Cc2ccccc21)c1cncs1. The molecule has 1 N–H and O–H groups in total. The number of rotatable bonds is 5. The monoisotopic (exact) mass is 258 g/mol. The third kappa shape index (κ3) is 2.20. The summed E-state index contributed by atoms with van der Waals surface area (Å²) in [5.41, 5.74) is 5.00. The van der Waals surface area contributed by atoms with E-state index in [9.17, 15) is 0 Å². The van der Waals surface area contributed by atoms with Gasteiger partial charge in [0.2, 0.25) is 0 Å². The maximum absolute atomic E-state index is 4.20. The Balaban J connectivity index is 1.72. The summed E-state index contributed by atoms with van der Waals surface area (Å²) in [6.45, 7) is 3.18. The van der Waals surface area contributed by atoms with E-state index in [1.807, 2.05) is 11.7 Å². The number of nitrogens with one attached hydrogen (secondary N) is 1. The minimum atomic E-state index is 0.459. The van der Waals surface area contributed by atoms with Gasteiger partial charge in [-0.25, -0.2) is 0 Å². The number of benzene rings is 1. The molecule has 2 aromatic rings. The van der Waals surface area contributed by atoms with Crippen molar-refractivity contribution in [1.29, 1.82) is 0 Å². The van der Waals surface area contributed by atoms with Crippen LogP contribution in [0.5, 0.6) is 0 Å². The van der Waals surface area contributed by atoms with Crippen LogP contribution in [-0.2, 0) is 6.42 Å². The zero-order valence-corrected chi connectivity index (χ0v) is 11.4. The second-order valence-electron chi connectivity index (χ2n) is 4.85.